The number of aromatic nitrogens is 2. The minimum absolute atomic E-state index is 0.00938. The van der Waals surface area contributed by atoms with Gasteiger partial charge in [-0.2, -0.15) is 8.78 Å². The Morgan fingerprint density at radius 1 is 0.691 bits per heavy atom. The van der Waals surface area contributed by atoms with Crippen molar-refractivity contribution in [1.82, 2.24) is 41.0 Å². The molecule has 1 aliphatic rings. The highest BCUT2D eigenvalue weighted by molar-refractivity contribution is 5.97. The van der Waals surface area contributed by atoms with E-state index >= 15 is 8.78 Å². The molecule has 3 rings (SSSR count). The SMILES string of the molecule is CC(C)[C@H](NC(=O)N(C)Cc1ccccn1)C(=O)N[C@@H](CC1CCCCC1)C(=O)C(F)(F)[C@@H](NC(=O)[C@@H](NC(=O)N(C)Cc1ccccn1)C(C)C)C(C)C. The fourth-order valence-electron chi connectivity index (χ4n) is 6.72. The molecule has 0 radical (unpaired) electrons. The van der Waals surface area contributed by atoms with Gasteiger partial charge in [0.25, 0.3) is 0 Å². The highest BCUT2D eigenvalue weighted by Crippen LogP contribution is 2.32. The molecule has 1 aliphatic carbocycles. The van der Waals surface area contributed by atoms with E-state index in [1.54, 1.807) is 83.5 Å². The van der Waals surface area contributed by atoms with Gasteiger partial charge in [-0.05, 0) is 54.4 Å². The number of amides is 6. The van der Waals surface area contributed by atoms with Crippen LogP contribution in [0.2, 0.25) is 0 Å². The van der Waals surface area contributed by atoms with Crippen molar-refractivity contribution in [2.75, 3.05) is 14.1 Å². The summed E-state index contributed by atoms with van der Waals surface area (Å²) in [6.07, 6.45) is 7.40. The number of rotatable bonds is 18. The lowest BCUT2D eigenvalue weighted by Crippen LogP contribution is -2.63. The Labute approximate surface area is 324 Å². The monoisotopic (exact) mass is 770 g/mol. The van der Waals surface area contributed by atoms with Crippen LogP contribution < -0.4 is 21.3 Å². The third kappa shape index (κ3) is 13.2. The second-order valence-electron chi connectivity index (χ2n) is 15.7. The molecule has 1 saturated carbocycles. The van der Waals surface area contributed by atoms with Crippen LogP contribution in [0.4, 0.5) is 18.4 Å². The Kier molecular flexibility index (Phi) is 16.9. The number of Topliss-reactive ketones (excluding diaryl/α,β-unsaturated/α-hetero) is 1. The lowest BCUT2D eigenvalue weighted by atomic mass is 9.81. The van der Waals surface area contributed by atoms with Gasteiger partial charge in [-0.15, -0.1) is 0 Å². The lowest BCUT2D eigenvalue weighted by molar-refractivity contribution is -0.155. The van der Waals surface area contributed by atoms with Gasteiger partial charge in [0.15, 0.2) is 0 Å². The summed E-state index contributed by atoms with van der Waals surface area (Å²) in [6.45, 7) is 10.0. The molecule has 4 atom stereocenters. The van der Waals surface area contributed by atoms with Crippen LogP contribution in [0.5, 0.6) is 0 Å². The first-order chi connectivity index (χ1) is 25.9. The van der Waals surface area contributed by atoms with Crippen molar-refractivity contribution in [3.05, 3.63) is 60.2 Å². The van der Waals surface area contributed by atoms with E-state index in [4.69, 9.17) is 0 Å². The van der Waals surface area contributed by atoms with Crippen molar-refractivity contribution in [2.24, 2.45) is 23.7 Å². The number of hydrogen-bond acceptors (Lipinski definition) is 7. The van der Waals surface area contributed by atoms with Gasteiger partial charge in [0.1, 0.15) is 18.1 Å². The maximum absolute atomic E-state index is 16.6. The quantitative estimate of drug-likeness (QED) is 0.160. The standard InChI is InChI=1S/C40H60F2N8O5/c1-25(2)32(46-38(54)49(7)23-29-18-12-14-20-43-29)36(52)45-31(22-28-16-10-9-11-17-28)35(51)40(41,42)34(27(5)6)48-37(53)33(26(3)4)47-39(55)50(8)24-30-19-13-15-21-44-30/h12-15,18-21,25-28,31-34H,9-11,16-17,22-24H2,1-8H3,(H,45,52)(H,46,54)(H,47,55)(H,48,53)/t31-,32-,33-,34-/m0/s1. The van der Waals surface area contributed by atoms with Crippen molar-refractivity contribution in [3.63, 3.8) is 0 Å². The maximum Gasteiger partial charge on any atom is 0.327 e. The number of alkyl halides is 2. The zero-order chi connectivity index (χ0) is 40.9. The van der Waals surface area contributed by atoms with E-state index in [0.717, 1.165) is 32.1 Å². The summed E-state index contributed by atoms with van der Waals surface area (Å²) in [5.41, 5.74) is 1.25. The van der Waals surface area contributed by atoms with Crippen LogP contribution in [-0.4, -0.2) is 93.6 Å². The van der Waals surface area contributed by atoms with Gasteiger partial charge < -0.3 is 31.1 Å². The van der Waals surface area contributed by atoms with Crippen LogP contribution in [0.25, 0.3) is 0 Å². The van der Waals surface area contributed by atoms with E-state index < -0.39 is 77.5 Å². The van der Waals surface area contributed by atoms with E-state index in [9.17, 15) is 24.0 Å². The Morgan fingerprint density at radius 2 is 1.15 bits per heavy atom. The molecule has 4 N–H and O–H groups in total. The zero-order valence-electron chi connectivity index (χ0n) is 33.5. The molecule has 13 nitrogen and oxygen atoms in total. The van der Waals surface area contributed by atoms with Crippen molar-refractivity contribution < 1.29 is 32.8 Å². The first kappa shape index (κ1) is 44.7. The molecule has 0 spiro atoms. The number of carbonyl (C=O) groups is 5. The summed E-state index contributed by atoms with van der Waals surface area (Å²) in [5, 5.41) is 10.3. The smallest absolute Gasteiger partial charge is 0.327 e. The number of nitrogens with one attached hydrogen (secondary N) is 4. The molecular weight excluding hydrogens is 710 g/mol. The van der Waals surface area contributed by atoms with E-state index in [-0.39, 0.29) is 25.4 Å². The number of urea groups is 2. The first-order valence-electron chi connectivity index (χ1n) is 19.3. The largest absolute Gasteiger partial charge is 0.345 e. The van der Waals surface area contributed by atoms with Crippen molar-refractivity contribution in [2.45, 2.75) is 123 Å². The molecule has 55 heavy (non-hydrogen) atoms. The summed E-state index contributed by atoms with van der Waals surface area (Å²) < 4.78 is 33.3. The maximum atomic E-state index is 16.6. The molecule has 6 amide bonds. The number of pyridine rings is 2. The second kappa shape index (κ2) is 20.8. The van der Waals surface area contributed by atoms with Gasteiger partial charge in [0.05, 0.1) is 30.5 Å². The van der Waals surface area contributed by atoms with Crippen molar-refractivity contribution >= 4 is 29.7 Å². The van der Waals surface area contributed by atoms with Crippen LogP contribution >= 0.6 is 0 Å². The predicted molar refractivity (Wildman–Crippen MR) is 206 cm³/mol. The Morgan fingerprint density at radius 3 is 1.55 bits per heavy atom. The number of halogens is 2. The van der Waals surface area contributed by atoms with Gasteiger partial charge in [0, 0.05) is 26.5 Å². The number of nitrogens with zero attached hydrogens (tertiary/aromatic N) is 4. The number of hydrogen-bond donors (Lipinski definition) is 4. The van der Waals surface area contributed by atoms with Crippen LogP contribution in [0, 0.1) is 23.7 Å². The molecule has 2 heterocycles. The number of ketones is 1. The lowest BCUT2D eigenvalue weighted by Gasteiger charge is -2.35. The fraction of sp³-hybridized carbons (Fsp3) is 0.625. The van der Waals surface area contributed by atoms with Gasteiger partial charge in [-0.25, -0.2) is 9.59 Å². The molecule has 15 heteroatoms. The molecule has 2 aromatic rings. The molecule has 0 bridgehead atoms. The summed E-state index contributed by atoms with van der Waals surface area (Å²) in [5.74, 6) is -9.20. The third-order valence-corrected chi connectivity index (χ3v) is 10.0. The average molecular weight is 771 g/mol. The minimum Gasteiger partial charge on any atom is -0.345 e. The van der Waals surface area contributed by atoms with Crippen LogP contribution in [0.15, 0.2) is 48.8 Å². The third-order valence-electron chi connectivity index (χ3n) is 10.0. The molecule has 0 unspecified atom stereocenters. The Hall–Kier alpha value is -4.69. The van der Waals surface area contributed by atoms with Crippen LogP contribution in [-0.2, 0) is 27.5 Å². The highest BCUT2D eigenvalue weighted by atomic mass is 19.3. The summed E-state index contributed by atoms with van der Waals surface area (Å²) in [4.78, 5) is 78.9. The summed E-state index contributed by atoms with van der Waals surface area (Å²) >= 11 is 0. The van der Waals surface area contributed by atoms with Gasteiger partial charge >= 0.3 is 18.0 Å². The number of carbonyl (C=O) groups excluding carboxylic acids is 5. The summed E-state index contributed by atoms with van der Waals surface area (Å²) in [7, 11) is 3.07. The van der Waals surface area contributed by atoms with E-state index in [0.29, 0.717) is 11.4 Å². The van der Waals surface area contributed by atoms with E-state index in [1.165, 1.54) is 30.7 Å². The molecule has 2 aromatic heterocycles. The van der Waals surface area contributed by atoms with Crippen molar-refractivity contribution in [1.29, 1.82) is 0 Å². The Balaban J connectivity index is 1.81. The molecule has 0 saturated heterocycles. The predicted octanol–water partition coefficient (Wildman–Crippen LogP) is 5.31. The van der Waals surface area contributed by atoms with E-state index in [1.807, 2.05) is 0 Å². The van der Waals surface area contributed by atoms with Gasteiger partial charge in [-0.1, -0.05) is 85.8 Å². The summed E-state index contributed by atoms with van der Waals surface area (Å²) in [6, 6.07) is 3.51. The second-order valence-corrected chi connectivity index (χ2v) is 15.7. The molecule has 304 valence electrons. The first-order valence-corrected chi connectivity index (χ1v) is 19.3. The molecule has 0 aliphatic heterocycles. The molecular formula is C40H60F2N8O5. The fourth-order valence-corrected chi connectivity index (χ4v) is 6.72. The van der Waals surface area contributed by atoms with Crippen LogP contribution in [0.1, 0.15) is 91.5 Å². The Bertz CT molecular complexity index is 1560. The average Bonchev–Trinajstić information content (AvgIpc) is 3.14. The van der Waals surface area contributed by atoms with Gasteiger partial charge in [-0.3, -0.25) is 24.4 Å². The highest BCUT2D eigenvalue weighted by Gasteiger charge is 2.53. The van der Waals surface area contributed by atoms with Gasteiger partial charge in [0.2, 0.25) is 17.6 Å². The topological polar surface area (TPSA) is 166 Å². The van der Waals surface area contributed by atoms with Crippen LogP contribution in [0.3, 0.4) is 0 Å². The molecule has 0 aromatic carbocycles. The van der Waals surface area contributed by atoms with E-state index in [2.05, 4.69) is 31.2 Å². The zero-order valence-corrected chi connectivity index (χ0v) is 33.5. The molecule has 1 fully saturated rings. The van der Waals surface area contributed by atoms with Crippen molar-refractivity contribution in [3.8, 4) is 0 Å². The normalized spacial score (nSPS) is 15.8. The minimum atomic E-state index is -4.11.